The molecular formula is C24H4F34N2O10S2. The van der Waals surface area contributed by atoms with Crippen LogP contribution in [-0.2, 0) is 20.2 Å². The lowest BCUT2D eigenvalue weighted by molar-refractivity contribution is -0.458. The Morgan fingerprint density at radius 3 is 0.556 bits per heavy atom. The molecule has 0 spiro atoms. The first kappa shape index (κ1) is 61.2. The van der Waals surface area contributed by atoms with Crippen LogP contribution in [0.25, 0.3) is 22.3 Å². The summed E-state index contributed by atoms with van der Waals surface area (Å²) in [4.78, 5) is 0. The lowest BCUT2D eigenvalue weighted by Crippen LogP contribution is -2.75. The van der Waals surface area contributed by atoms with E-state index in [-0.39, 0.29) is 0 Å². The first-order valence-electron chi connectivity index (χ1n) is 15.5. The van der Waals surface area contributed by atoms with Crippen molar-refractivity contribution in [3.63, 3.8) is 0 Å². The van der Waals surface area contributed by atoms with E-state index in [0.717, 1.165) is 0 Å². The van der Waals surface area contributed by atoms with Crippen molar-refractivity contribution in [3.8, 4) is 45.8 Å². The molecule has 2 heterocycles. The summed E-state index contributed by atoms with van der Waals surface area (Å²) in [6, 6.07) is 0. The molecule has 0 saturated heterocycles. The maximum Gasteiger partial charge on any atom is 0.460 e. The minimum Gasteiger partial charge on any atom is -0.492 e. The van der Waals surface area contributed by atoms with E-state index in [2.05, 4.69) is 8.57 Å². The molecule has 12 nitrogen and oxygen atoms in total. The normalized spacial score (nSPS) is 16.4. The van der Waals surface area contributed by atoms with Gasteiger partial charge >= 0.3 is 114 Å². The molecule has 4 N–H and O–H groups in total. The van der Waals surface area contributed by atoms with E-state index in [0.29, 0.717) is 0 Å². The fourth-order valence-corrected chi connectivity index (χ4v) is 6.73. The summed E-state index contributed by atoms with van der Waals surface area (Å²) < 4.78 is 512. The largest absolute Gasteiger partial charge is 0.492 e. The van der Waals surface area contributed by atoms with Crippen molar-refractivity contribution < 1.29 is 195 Å². The summed E-state index contributed by atoms with van der Waals surface area (Å²) >= 11 is 0. The quantitative estimate of drug-likeness (QED) is 0.0899. The van der Waals surface area contributed by atoms with E-state index < -0.39 is 169 Å². The fourth-order valence-electron chi connectivity index (χ4n) is 4.98. The number of nitrogens with zero attached hydrogens (tertiary/aromatic N) is 2. The molecule has 0 saturated carbocycles. The Morgan fingerprint density at radius 1 is 0.264 bits per heavy atom. The van der Waals surface area contributed by atoms with E-state index in [1.807, 2.05) is 0 Å². The third-order valence-electron chi connectivity index (χ3n) is 9.02. The van der Waals surface area contributed by atoms with Gasteiger partial charge in [0.25, 0.3) is 0 Å². The highest BCUT2D eigenvalue weighted by atomic mass is 32.2. The summed E-state index contributed by atoms with van der Waals surface area (Å²) in [5.74, 6) is -122. The van der Waals surface area contributed by atoms with Gasteiger partial charge in [0.15, 0.2) is 0 Å². The van der Waals surface area contributed by atoms with E-state index in [4.69, 9.17) is 0 Å². The van der Waals surface area contributed by atoms with Crippen molar-refractivity contribution in [1.29, 1.82) is 0 Å². The predicted octanol–water partition coefficient (Wildman–Crippen LogP) is 9.21. The topological polar surface area (TPSA) is 178 Å². The average Bonchev–Trinajstić information content (AvgIpc) is 3.46. The molecule has 72 heavy (non-hydrogen) atoms. The molecule has 0 aromatic carbocycles. The SMILES string of the molecule is O=S(=O)(On1c(O)c2c(c1O)-c1c-2c(O)n(OS(=O)(=O)C(F)(F)C(F)(F)C(F)(F)C(F)(F)C(F)(F)C(F)(F)C(F)(F)C(F)(F)F)c1O)C(F)(F)C(F)(F)C(F)(F)C(F)(F)C(F)(F)C(F)(F)C(F)(F)C(F)(F)F. The molecule has 420 valence electrons. The minimum atomic E-state index is -9.44. The van der Waals surface area contributed by atoms with Gasteiger partial charge in [-0.05, 0) is 0 Å². The highest BCUT2D eigenvalue weighted by Gasteiger charge is 2.98. The van der Waals surface area contributed by atoms with Gasteiger partial charge < -0.3 is 20.4 Å². The van der Waals surface area contributed by atoms with Gasteiger partial charge in [-0.3, -0.25) is 8.57 Å². The van der Waals surface area contributed by atoms with E-state index >= 15 is 0 Å². The van der Waals surface area contributed by atoms with Gasteiger partial charge in [0.2, 0.25) is 23.5 Å². The molecule has 1 aliphatic carbocycles. The zero-order chi connectivity index (χ0) is 58.2. The predicted molar refractivity (Wildman–Crippen MR) is 146 cm³/mol. The van der Waals surface area contributed by atoms with Crippen molar-refractivity contribution >= 4 is 20.2 Å². The highest BCUT2D eigenvalue weighted by molar-refractivity contribution is 7.88. The lowest BCUT2D eigenvalue weighted by Gasteiger charge is -2.42. The van der Waals surface area contributed by atoms with Gasteiger partial charge in [0.1, 0.15) is 0 Å². The van der Waals surface area contributed by atoms with Crippen molar-refractivity contribution in [1.82, 2.24) is 9.46 Å². The number of fused-ring (bicyclic) bond motifs is 4. The summed E-state index contributed by atoms with van der Waals surface area (Å²) in [5.41, 5.74) is -8.64. The van der Waals surface area contributed by atoms with Crippen LogP contribution in [0.4, 0.5) is 149 Å². The Morgan fingerprint density at radius 2 is 0.403 bits per heavy atom. The Balaban J connectivity index is 2.13. The standard InChI is InChI=1S/C24H4F34N2O10S2/c25-9(26,13(33,34)17(41,42)21(49,50)51)11(29,30)15(37,38)19(45,46)23(55,56)71(65,66)69-59-5(61)1-2(6(59)62)4-3(1)7(63)60(8(4)64)70-72(67,68)24(57,58)20(47,48)16(39,40)12(31,32)10(27,28)14(35,36)18(43,44)22(52,53)54/h61-64H. The Labute approximate surface area is 365 Å². The van der Waals surface area contributed by atoms with Gasteiger partial charge in [-0.2, -0.15) is 166 Å². The maximum atomic E-state index is 14.5. The molecule has 0 aliphatic heterocycles. The van der Waals surface area contributed by atoms with Gasteiger partial charge in [-0.25, -0.2) is 0 Å². The second-order valence-electron chi connectivity index (χ2n) is 13.4. The van der Waals surface area contributed by atoms with E-state index in [9.17, 15) is 187 Å². The Hall–Kier alpha value is -5.12. The van der Waals surface area contributed by atoms with Gasteiger partial charge in [0, 0.05) is 0 Å². The molecule has 2 aromatic heterocycles. The van der Waals surface area contributed by atoms with Crippen LogP contribution >= 0.6 is 0 Å². The minimum absolute atomic E-state index is 1.96. The second-order valence-corrected chi connectivity index (χ2v) is 16.5. The third-order valence-corrected chi connectivity index (χ3v) is 11.5. The highest BCUT2D eigenvalue weighted by Crippen LogP contribution is 2.68. The maximum absolute atomic E-state index is 14.5. The van der Waals surface area contributed by atoms with Crippen LogP contribution in [0.1, 0.15) is 0 Å². The zero-order valence-corrected chi connectivity index (χ0v) is 32.4. The number of alkyl halides is 34. The summed E-state index contributed by atoms with van der Waals surface area (Å²) in [6.07, 6.45) is -16.5. The zero-order valence-electron chi connectivity index (χ0n) is 30.8. The van der Waals surface area contributed by atoms with Gasteiger partial charge in [-0.15, -0.1) is 0 Å². The molecule has 0 bridgehead atoms. The van der Waals surface area contributed by atoms with Gasteiger partial charge in [-0.1, -0.05) is 9.46 Å². The van der Waals surface area contributed by atoms with E-state index in [1.54, 1.807) is 0 Å². The Bertz CT molecular complexity index is 2480. The molecule has 0 amide bonds. The van der Waals surface area contributed by atoms with Crippen LogP contribution in [0.2, 0.25) is 0 Å². The summed E-state index contributed by atoms with van der Waals surface area (Å²) in [6.45, 7) is 0. The van der Waals surface area contributed by atoms with Crippen LogP contribution in [0.15, 0.2) is 0 Å². The lowest BCUT2D eigenvalue weighted by atomic mass is 9.86. The molecule has 0 fully saturated rings. The van der Waals surface area contributed by atoms with Crippen molar-refractivity contribution in [3.05, 3.63) is 0 Å². The average molecular weight is 1190 g/mol. The Kier molecular flexibility index (Phi) is 13.0. The fraction of sp³-hybridized carbons (Fsp3) is 0.667. The molecule has 2 aromatic rings. The van der Waals surface area contributed by atoms with Crippen LogP contribution in [0.5, 0.6) is 23.5 Å². The summed E-state index contributed by atoms with van der Waals surface area (Å²) in [5, 5.41) is 22.9. The number of halogens is 34. The van der Waals surface area contributed by atoms with Crippen LogP contribution in [0.3, 0.4) is 0 Å². The number of aromatic nitrogens is 2. The third kappa shape index (κ3) is 6.83. The monoisotopic (exact) mass is 1190 g/mol. The second kappa shape index (κ2) is 15.2. The van der Waals surface area contributed by atoms with Crippen LogP contribution in [-0.4, -0.2) is 141 Å². The number of hydrogen-bond donors (Lipinski definition) is 4. The number of rotatable bonds is 18. The molecule has 0 radical (unpaired) electrons. The molecule has 1 aliphatic rings. The van der Waals surface area contributed by atoms with E-state index in [1.165, 1.54) is 0 Å². The van der Waals surface area contributed by atoms with Crippen molar-refractivity contribution in [2.45, 2.75) is 93.9 Å². The molecule has 0 unspecified atom stereocenters. The first-order valence-corrected chi connectivity index (χ1v) is 18.3. The molecule has 48 heteroatoms. The number of aromatic hydroxyl groups is 4. The van der Waals surface area contributed by atoms with Crippen molar-refractivity contribution in [2.24, 2.45) is 0 Å². The van der Waals surface area contributed by atoms with Gasteiger partial charge in [0.05, 0.1) is 22.3 Å². The molecular weight excluding hydrogens is 1190 g/mol. The smallest absolute Gasteiger partial charge is 0.460 e. The summed E-state index contributed by atoms with van der Waals surface area (Å²) in [7, 11) is -17.7. The molecule has 3 rings (SSSR count). The molecule has 0 atom stereocenters. The van der Waals surface area contributed by atoms with Crippen molar-refractivity contribution in [2.75, 3.05) is 0 Å². The van der Waals surface area contributed by atoms with Crippen LogP contribution in [0, 0.1) is 0 Å². The van der Waals surface area contributed by atoms with Crippen LogP contribution < -0.4 is 8.57 Å². The number of hydrogen-bond acceptors (Lipinski definition) is 10. The first-order chi connectivity index (χ1) is 30.8.